The van der Waals surface area contributed by atoms with Crippen LogP contribution in [0.1, 0.15) is 49.9 Å². The number of nitrogens with one attached hydrogen (secondary N) is 1. The minimum absolute atomic E-state index is 0.428. The van der Waals surface area contributed by atoms with Crippen molar-refractivity contribution in [1.82, 2.24) is 0 Å². The van der Waals surface area contributed by atoms with Crippen LogP contribution in [0.3, 0.4) is 0 Å². The molecule has 168 valence electrons. The lowest BCUT2D eigenvalue weighted by Crippen LogP contribution is -2.09. The molecule has 4 aromatic carbocycles. The van der Waals surface area contributed by atoms with Crippen LogP contribution in [0.2, 0.25) is 0 Å². The summed E-state index contributed by atoms with van der Waals surface area (Å²) in [7, 11) is 0. The highest BCUT2D eigenvalue weighted by molar-refractivity contribution is 5.84. The normalized spacial score (nSPS) is 11.5. The Kier molecular flexibility index (Phi) is 6.70. The van der Waals surface area contributed by atoms with E-state index in [1.807, 2.05) is 13.8 Å². The Labute approximate surface area is 199 Å². The van der Waals surface area contributed by atoms with Gasteiger partial charge in [-0.05, 0) is 114 Å². The SMILES string of the molecule is CC.Cc1ccccc1-c1cc(-c2ccc3c(c2)-c2cc(NC(C)C)ccc2C3)ccc1C. The predicted octanol–water partition coefficient (Wildman–Crippen LogP) is 9.06. The van der Waals surface area contributed by atoms with E-state index in [1.165, 1.54) is 61.3 Å². The van der Waals surface area contributed by atoms with Gasteiger partial charge in [0.15, 0.2) is 0 Å². The van der Waals surface area contributed by atoms with E-state index in [0.29, 0.717) is 6.04 Å². The van der Waals surface area contributed by atoms with Crippen molar-refractivity contribution in [3.63, 3.8) is 0 Å². The van der Waals surface area contributed by atoms with Crippen molar-refractivity contribution in [3.8, 4) is 33.4 Å². The molecule has 1 N–H and O–H groups in total. The van der Waals surface area contributed by atoms with Crippen molar-refractivity contribution >= 4 is 5.69 Å². The number of hydrogen-bond donors (Lipinski definition) is 1. The summed E-state index contributed by atoms with van der Waals surface area (Å²) < 4.78 is 0. The molecule has 1 aliphatic rings. The van der Waals surface area contributed by atoms with Gasteiger partial charge in [0.05, 0.1) is 0 Å². The fraction of sp³-hybridized carbons (Fsp3) is 0.250. The quantitative estimate of drug-likeness (QED) is 0.298. The third kappa shape index (κ3) is 4.59. The van der Waals surface area contributed by atoms with E-state index in [2.05, 4.69) is 112 Å². The highest BCUT2D eigenvalue weighted by Crippen LogP contribution is 2.41. The van der Waals surface area contributed by atoms with Crippen molar-refractivity contribution in [2.24, 2.45) is 0 Å². The lowest BCUT2D eigenvalue weighted by molar-refractivity contribution is 0.900. The summed E-state index contributed by atoms with van der Waals surface area (Å²) in [6.07, 6.45) is 1.02. The maximum atomic E-state index is 3.55. The van der Waals surface area contributed by atoms with E-state index in [4.69, 9.17) is 0 Å². The molecule has 5 rings (SSSR count). The largest absolute Gasteiger partial charge is 0.383 e. The van der Waals surface area contributed by atoms with Crippen molar-refractivity contribution < 1.29 is 0 Å². The van der Waals surface area contributed by atoms with Crippen LogP contribution in [-0.4, -0.2) is 6.04 Å². The molecule has 0 saturated carbocycles. The van der Waals surface area contributed by atoms with Gasteiger partial charge in [-0.15, -0.1) is 0 Å². The van der Waals surface area contributed by atoms with Gasteiger partial charge in [-0.3, -0.25) is 0 Å². The second-order valence-corrected chi connectivity index (χ2v) is 9.06. The number of anilines is 1. The first kappa shape index (κ1) is 22.9. The zero-order chi connectivity index (χ0) is 23.5. The van der Waals surface area contributed by atoms with Crippen LogP contribution in [0.5, 0.6) is 0 Å². The zero-order valence-corrected chi connectivity index (χ0v) is 20.8. The summed E-state index contributed by atoms with van der Waals surface area (Å²) in [5, 5.41) is 3.55. The molecular weight excluding hydrogens is 398 g/mol. The topological polar surface area (TPSA) is 12.0 Å². The van der Waals surface area contributed by atoms with Gasteiger partial charge >= 0.3 is 0 Å². The first-order valence-corrected chi connectivity index (χ1v) is 12.2. The molecule has 1 nitrogen and oxygen atoms in total. The van der Waals surface area contributed by atoms with Crippen molar-refractivity contribution in [2.45, 2.75) is 54.0 Å². The first-order valence-electron chi connectivity index (χ1n) is 12.2. The summed E-state index contributed by atoms with van der Waals surface area (Å²) in [4.78, 5) is 0. The molecule has 0 unspecified atom stereocenters. The third-order valence-corrected chi connectivity index (χ3v) is 6.35. The molecule has 1 aliphatic carbocycles. The van der Waals surface area contributed by atoms with Crippen molar-refractivity contribution in [3.05, 3.63) is 101 Å². The average Bonchev–Trinajstić information content (AvgIpc) is 3.18. The van der Waals surface area contributed by atoms with E-state index >= 15 is 0 Å². The van der Waals surface area contributed by atoms with E-state index < -0.39 is 0 Å². The molecule has 1 heteroatoms. The predicted molar refractivity (Wildman–Crippen MR) is 145 cm³/mol. The number of benzene rings is 4. The number of fused-ring (bicyclic) bond motifs is 3. The number of rotatable bonds is 4. The highest BCUT2D eigenvalue weighted by Gasteiger charge is 2.20. The molecule has 0 aromatic heterocycles. The maximum absolute atomic E-state index is 3.55. The smallest absolute Gasteiger partial charge is 0.0348 e. The average molecular weight is 434 g/mol. The van der Waals surface area contributed by atoms with Crippen LogP contribution in [0.25, 0.3) is 33.4 Å². The van der Waals surface area contributed by atoms with Gasteiger partial charge in [0.1, 0.15) is 0 Å². The molecule has 0 bridgehead atoms. The molecular formula is C32H35N. The lowest BCUT2D eigenvalue weighted by Gasteiger charge is -2.13. The molecule has 0 aliphatic heterocycles. The van der Waals surface area contributed by atoms with Gasteiger partial charge in [0.2, 0.25) is 0 Å². The van der Waals surface area contributed by atoms with Crippen LogP contribution >= 0.6 is 0 Å². The Morgan fingerprint density at radius 3 is 1.88 bits per heavy atom. The molecule has 33 heavy (non-hydrogen) atoms. The summed E-state index contributed by atoms with van der Waals surface area (Å²) in [6, 6.07) is 29.7. The summed E-state index contributed by atoms with van der Waals surface area (Å²) in [5.74, 6) is 0. The minimum atomic E-state index is 0.428. The monoisotopic (exact) mass is 433 g/mol. The molecule has 0 saturated heterocycles. The van der Waals surface area contributed by atoms with Gasteiger partial charge in [-0.25, -0.2) is 0 Å². The second-order valence-electron chi connectivity index (χ2n) is 9.06. The lowest BCUT2D eigenvalue weighted by atomic mass is 9.92. The molecule has 0 spiro atoms. The van der Waals surface area contributed by atoms with Crippen LogP contribution in [0, 0.1) is 13.8 Å². The fourth-order valence-electron chi connectivity index (χ4n) is 4.74. The highest BCUT2D eigenvalue weighted by atomic mass is 14.9. The second kappa shape index (κ2) is 9.67. The van der Waals surface area contributed by atoms with Gasteiger partial charge in [-0.1, -0.05) is 68.4 Å². The van der Waals surface area contributed by atoms with Crippen LogP contribution in [0.4, 0.5) is 5.69 Å². The van der Waals surface area contributed by atoms with Gasteiger partial charge < -0.3 is 5.32 Å². The van der Waals surface area contributed by atoms with E-state index in [-0.39, 0.29) is 0 Å². The van der Waals surface area contributed by atoms with Crippen molar-refractivity contribution in [1.29, 1.82) is 0 Å². The summed E-state index contributed by atoms with van der Waals surface area (Å²) in [6.45, 7) is 12.8. The Balaban J connectivity index is 0.00000126. The Morgan fingerprint density at radius 2 is 1.18 bits per heavy atom. The van der Waals surface area contributed by atoms with E-state index in [9.17, 15) is 0 Å². The van der Waals surface area contributed by atoms with Gasteiger partial charge in [-0.2, -0.15) is 0 Å². The maximum Gasteiger partial charge on any atom is 0.0348 e. The Morgan fingerprint density at radius 1 is 0.606 bits per heavy atom. The minimum Gasteiger partial charge on any atom is -0.383 e. The van der Waals surface area contributed by atoms with Crippen LogP contribution < -0.4 is 5.32 Å². The van der Waals surface area contributed by atoms with Crippen molar-refractivity contribution in [2.75, 3.05) is 5.32 Å². The standard InChI is InChI=1S/C30H29N.C2H6/c1-19(2)31-26-14-13-25-15-24-12-11-23(17-29(24)30(25)18-26)22-10-9-21(4)28(16-22)27-8-6-5-7-20(27)3;1-2/h5-14,16-19,31H,15H2,1-4H3;1-2H3. The third-order valence-electron chi connectivity index (χ3n) is 6.35. The summed E-state index contributed by atoms with van der Waals surface area (Å²) >= 11 is 0. The molecule has 0 amide bonds. The van der Waals surface area contributed by atoms with E-state index in [0.717, 1.165) is 6.42 Å². The van der Waals surface area contributed by atoms with Crippen LogP contribution in [0.15, 0.2) is 78.9 Å². The Bertz CT molecular complexity index is 1280. The number of hydrogen-bond acceptors (Lipinski definition) is 1. The fourth-order valence-corrected chi connectivity index (χ4v) is 4.74. The first-order chi connectivity index (χ1) is 16.0. The van der Waals surface area contributed by atoms with Gasteiger partial charge in [0.25, 0.3) is 0 Å². The molecule has 0 radical (unpaired) electrons. The molecule has 0 fully saturated rings. The van der Waals surface area contributed by atoms with Gasteiger partial charge in [0, 0.05) is 11.7 Å². The Hall–Kier alpha value is -3.32. The summed E-state index contributed by atoms with van der Waals surface area (Å²) in [5.41, 5.74) is 14.6. The molecule has 0 heterocycles. The molecule has 0 atom stereocenters. The van der Waals surface area contributed by atoms with E-state index in [1.54, 1.807) is 0 Å². The molecule has 4 aromatic rings. The van der Waals surface area contributed by atoms with Crippen LogP contribution in [-0.2, 0) is 6.42 Å². The number of aryl methyl sites for hydroxylation is 2. The zero-order valence-electron chi connectivity index (χ0n) is 20.8.